The van der Waals surface area contributed by atoms with E-state index >= 15 is 0 Å². The number of amides is 2. The molecule has 0 aliphatic carbocycles. The van der Waals surface area contributed by atoms with E-state index in [1.807, 2.05) is 30.2 Å². The van der Waals surface area contributed by atoms with Crippen LogP contribution in [-0.4, -0.2) is 54.0 Å². The van der Waals surface area contributed by atoms with E-state index in [9.17, 15) is 9.59 Å². The van der Waals surface area contributed by atoms with Crippen molar-refractivity contribution in [3.8, 4) is 0 Å². The fourth-order valence-corrected chi connectivity index (χ4v) is 3.83. The highest BCUT2D eigenvalue weighted by Crippen LogP contribution is 2.24. The quantitative estimate of drug-likeness (QED) is 0.876. The van der Waals surface area contributed by atoms with Gasteiger partial charge >= 0.3 is 0 Å². The first-order chi connectivity index (χ1) is 11.7. The average molecular weight is 332 g/mol. The van der Waals surface area contributed by atoms with Crippen LogP contribution in [0.2, 0.25) is 0 Å². The van der Waals surface area contributed by atoms with Gasteiger partial charge in [-0.3, -0.25) is 9.59 Å². The van der Waals surface area contributed by atoms with Crippen molar-refractivity contribution >= 4 is 11.8 Å². The molecule has 2 saturated heterocycles. The second-order valence-electron chi connectivity index (χ2n) is 6.77. The fourth-order valence-electron chi connectivity index (χ4n) is 3.83. The van der Waals surface area contributed by atoms with Gasteiger partial charge in [0.2, 0.25) is 5.91 Å². The minimum absolute atomic E-state index is 0.0625. The molecule has 3 heterocycles. The molecule has 2 N–H and O–H groups in total. The highest BCUT2D eigenvalue weighted by atomic mass is 16.2. The van der Waals surface area contributed by atoms with Gasteiger partial charge in [0.25, 0.3) is 5.91 Å². The van der Waals surface area contributed by atoms with Gasteiger partial charge in [-0.15, -0.1) is 0 Å². The van der Waals surface area contributed by atoms with Gasteiger partial charge in [-0.1, -0.05) is 0 Å². The number of likely N-dealkylation sites (tertiary alicyclic amines) is 1. The van der Waals surface area contributed by atoms with Crippen LogP contribution in [0.5, 0.6) is 0 Å². The zero-order chi connectivity index (χ0) is 16.9. The summed E-state index contributed by atoms with van der Waals surface area (Å²) >= 11 is 0. The molecule has 1 aromatic heterocycles. The SMILES string of the molecule is CCNC(=O)[C@H]1CCCN(C(=O)c2cccn2C2CCNCC2)C1. The molecule has 6 nitrogen and oxygen atoms in total. The molecule has 2 aliphatic rings. The third-order valence-corrected chi connectivity index (χ3v) is 5.13. The van der Waals surface area contributed by atoms with E-state index in [4.69, 9.17) is 0 Å². The maximum absolute atomic E-state index is 13.0. The molecule has 0 bridgehead atoms. The molecule has 0 unspecified atom stereocenters. The smallest absolute Gasteiger partial charge is 0.270 e. The zero-order valence-corrected chi connectivity index (χ0v) is 14.5. The Kier molecular flexibility index (Phi) is 5.56. The Labute approximate surface area is 143 Å². The third-order valence-electron chi connectivity index (χ3n) is 5.13. The normalized spacial score (nSPS) is 22.4. The molecule has 24 heavy (non-hydrogen) atoms. The number of hydrogen-bond donors (Lipinski definition) is 2. The van der Waals surface area contributed by atoms with Gasteiger partial charge < -0.3 is 20.1 Å². The van der Waals surface area contributed by atoms with Crippen LogP contribution in [0.15, 0.2) is 18.3 Å². The molecule has 0 spiro atoms. The van der Waals surface area contributed by atoms with Gasteiger partial charge in [-0.2, -0.15) is 0 Å². The Hall–Kier alpha value is -1.82. The number of nitrogens with one attached hydrogen (secondary N) is 2. The van der Waals surface area contributed by atoms with Crippen molar-refractivity contribution in [3.05, 3.63) is 24.0 Å². The van der Waals surface area contributed by atoms with E-state index in [-0.39, 0.29) is 17.7 Å². The Morgan fingerprint density at radius 3 is 2.83 bits per heavy atom. The monoisotopic (exact) mass is 332 g/mol. The Morgan fingerprint density at radius 1 is 1.29 bits per heavy atom. The molecule has 6 heteroatoms. The zero-order valence-electron chi connectivity index (χ0n) is 14.5. The summed E-state index contributed by atoms with van der Waals surface area (Å²) in [5, 5.41) is 6.25. The van der Waals surface area contributed by atoms with Crippen molar-refractivity contribution in [3.63, 3.8) is 0 Å². The largest absolute Gasteiger partial charge is 0.356 e. The van der Waals surface area contributed by atoms with Crippen LogP contribution in [0.3, 0.4) is 0 Å². The second kappa shape index (κ2) is 7.83. The van der Waals surface area contributed by atoms with Gasteiger partial charge in [0.05, 0.1) is 5.92 Å². The van der Waals surface area contributed by atoms with Gasteiger partial charge in [-0.05, 0) is 57.8 Å². The Bertz CT molecular complexity index is 577. The van der Waals surface area contributed by atoms with E-state index in [0.717, 1.165) is 51.0 Å². The molecule has 0 saturated carbocycles. The number of nitrogens with zero attached hydrogens (tertiary/aromatic N) is 2. The predicted molar refractivity (Wildman–Crippen MR) is 92.9 cm³/mol. The van der Waals surface area contributed by atoms with E-state index in [1.165, 1.54) is 0 Å². The lowest BCUT2D eigenvalue weighted by Gasteiger charge is -2.33. The topological polar surface area (TPSA) is 66.4 Å². The standard InChI is InChI=1S/C18H28N4O2/c1-2-20-17(23)14-5-3-11-21(13-14)18(24)16-6-4-12-22(16)15-7-9-19-10-8-15/h4,6,12,14-15,19H,2-3,5,7-11,13H2,1H3,(H,20,23)/t14-/m0/s1. The first kappa shape index (κ1) is 17.0. The number of hydrogen-bond acceptors (Lipinski definition) is 3. The van der Waals surface area contributed by atoms with Crippen LogP contribution in [0, 0.1) is 5.92 Å². The van der Waals surface area contributed by atoms with Crippen LogP contribution in [-0.2, 0) is 4.79 Å². The number of aromatic nitrogens is 1. The second-order valence-corrected chi connectivity index (χ2v) is 6.77. The summed E-state index contributed by atoms with van der Waals surface area (Å²) in [6, 6.07) is 4.27. The molecule has 3 rings (SSSR count). The van der Waals surface area contributed by atoms with Gasteiger partial charge in [0.1, 0.15) is 5.69 Å². The summed E-state index contributed by atoms with van der Waals surface area (Å²) in [5.41, 5.74) is 0.762. The summed E-state index contributed by atoms with van der Waals surface area (Å²) in [6.45, 7) is 5.84. The summed E-state index contributed by atoms with van der Waals surface area (Å²) in [5.74, 6) is 0.0567. The first-order valence-electron chi connectivity index (χ1n) is 9.15. The first-order valence-corrected chi connectivity index (χ1v) is 9.15. The summed E-state index contributed by atoms with van der Waals surface area (Å²) in [7, 11) is 0. The molecule has 2 fully saturated rings. The van der Waals surface area contributed by atoms with Crippen molar-refractivity contribution < 1.29 is 9.59 Å². The molecule has 1 atom stereocenters. The molecule has 2 aliphatic heterocycles. The maximum Gasteiger partial charge on any atom is 0.270 e. The number of carbonyl (C=O) groups is 2. The molecule has 2 amide bonds. The average Bonchev–Trinajstić information content (AvgIpc) is 3.12. The molecular formula is C18H28N4O2. The molecular weight excluding hydrogens is 304 g/mol. The molecule has 0 radical (unpaired) electrons. The van der Waals surface area contributed by atoms with Crippen molar-refractivity contribution in [2.24, 2.45) is 5.92 Å². The summed E-state index contributed by atoms with van der Waals surface area (Å²) < 4.78 is 2.14. The van der Waals surface area contributed by atoms with E-state index in [2.05, 4.69) is 15.2 Å². The Morgan fingerprint density at radius 2 is 2.08 bits per heavy atom. The van der Waals surface area contributed by atoms with Crippen LogP contribution in [0.4, 0.5) is 0 Å². The number of carbonyl (C=O) groups excluding carboxylic acids is 2. The maximum atomic E-state index is 13.0. The van der Waals surface area contributed by atoms with Crippen LogP contribution in [0.1, 0.15) is 49.1 Å². The highest BCUT2D eigenvalue weighted by Gasteiger charge is 2.30. The van der Waals surface area contributed by atoms with Gasteiger partial charge in [-0.25, -0.2) is 0 Å². The number of rotatable bonds is 4. The minimum atomic E-state index is -0.0788. The molecule has 132 valence electrons. The van der Waals surface area contributed by atoms with Crippen molar-refractivity contribution in [1.29, 1.82) is 0 Å². The van der Waals surface area contributed by atoms with E-state index in [1.54, 1.807) is 0 Å². The van der Waals surface area contributed by atoms with Crippen molar-refractivity contribution in [2.45, 2.75) is 38.6 Å². The lowest BCUT2D eigenvalue weighted by atomic mass is 9.97. The third kappa shape index (κ3) is 3.64. The van der Waals surface area contributed by atoms with E-state index in [0.29, 0.717) is 19.1 Å². The summed E-state index contributed by atoms with van der Waals surface area (Å²) in [4.78, 5) is 27.0. The predicted octanol–water partition coefficient (Wildman–Crippen LogP) is 1.40. The lowest BCUT2D eigenvalue weighted by Crippen LogP contribution is -2.46. The van der Waals surface area contributed by atoms with Crippen LogP contribution in [0.25, 0.3) is 0 Å². The van der Waals surface area contributed by atoms with Gasteiger partial charge in [0.15, 0.2) is 0 Å². The Balaban J connectivity index is 1.70. The van der Waals surface area contributed by atoms with Crippen LogP contribution >= 0.6 is 0 Å². The fraction of sp³-hybridized carbons (Fsp3) is 0.667. The van der Waals surface area contributed by atoms with Crippen molar-refractivity contribution in [1.82, 2.24) is 20.1 Å². The highest BCUT2D eigenvalue weighted by molar-refractivity contribution is 5.93. The number of piperidine rings is 2. The minimum Gasteiger partial charge on any atom is -0.356 e. The van der Waals surface area contributed by atoms with Crippen molar-refractivity contribution in [2.75, 3.05) is 32.7 Å². The lowest BCUT2D eigenvalue weighted by molar-refractivity contribution is -0.126. The van der Waals surface area contributed by atoms with Crippen LogP contribution < -0.4 is 10.6 Å². The molecule has 0 aromatic carbocycles. The summed E-state index contributed by atoms with van der Waals surface area (Å²) in [6.07, 6.45) is 5.88. The van der Waals surface area contributed by atoms with Gasteiger partial charge in [0, 0.05) is 31.9 Å². The molecule has 1 aromatic rings. The van der Waals surface area contributed by atoms with E-state index < -0.39 is 0 Å².